The summed E-state index contributed by atoms with van der Waals surface area (Å²) >= 11 is 3.28. The molecule has 4 heteroatoms. The number of carbonyl (C=O) groups is 1. The smallest absolute Gasteiger partial charge is 0.270 e. The number of hydrogen-bond acceptors (Lipinski definition) is 2. The third-order valence-electron chi connectivity index (χ3n) is 1.51. The first-order chi connectivity index (χ1) is 6.24. The van der Waals surface area contributed by atoms with E-state index in [9.17, 15) is 4.79 Å². The maximum absolute atomic E-state index is 11.4. The molecule has 13 heavy (non-hydrogen) atoms. The summed E-state index contributed by atoms with van der Waals surface area (Å²) in [6.45, 7) is 1.93. The van der Waals surface area contributed by atoms with E-state index >= 15 is 0 Å². The van der Waals surface area contributed by atoms with Gasteiger partial charge in [0.15, 0.2) is 0 Å². The van der Waals surface area contributed by atoms with Gasteiger partial charge >= 0.3 is 0 Å². The number of amides is 1. The van der Waals surface area contributed by atoms with Gasteiger partial charge in [-0.1, -0.05) is 22.0 Å². The maximum atomic E-state index is 11.4. The molecule has 0 aromatic carbocycles. The average Bonchev–Trinajstić information content (AvgIpc) is 2.19. The number of pyridine rings is 1. The molecule has 3 nitrogen and oxygen atoms in total. The summed E-state index contributed by atoms with van der Waals surface area (Å²) < 4.78 is 0. The number of nitrogens with zero attached hydrogens (tertiary/aromatic N) is 1. The van der Waals surface area contributed by atoms with Crippen molar-refractivity contribution in [1.82, 2.24) is 10.3 Å². The van der Waals surface area contributed by atoms with Crippen LogP contribution >= 0.6 is 15.9 Å². The highest BCUT2D eigenvalue weighted by molar-refractivity contribution is 9.09. The van der Waals surface area contributed by atoms with Gasteiger partial charge in [0, 0.05) is 17.6 Å². The highest BCUT2D eigenvalue weighted by Crippen LogP contribution is 1.95. The van der Waals surface area contributed by atoms with Crippen molar-refractivity contribution in [3.8, 4) is 0 Å². The molecule has 0 saturated carbocycles. The lowest BCUT2D eigenvalue weighted by molar-refractivity contribution is 0.0939. The fourth-order valence-electron chi connectivity index (χ4n) is 0.833. The molecule has 1 unspecified atom stereocenters. The second kappa shape index (κ2) is 4.97. The summed E-state index contributed by atoms with van der Waals surface area (Å²) in [5.74, 6) is -0.132. The Balaban J connectivity index is 2.59. The van der Waals surface area contributed by atoms with E-state index in [0.29, 0.717) is 5.69 Å². The van der Waals surface area contributed by atoms with Gasteiger partial charge in [0.05, 0.1) is 0 Å². The lowest BCUT2D eigenvalue weighted by Crippen LogP contribution is -2.33. The number of rotatable bonds is 3. The number of nitrogens with one attached hydrogen (secondary N) is 1. The van der Waals surface area contributed by atoms with Gasteiger partial charge < -0.3 is 5.32 Å². The van der Waals surface area contributed by atoms with Gasteiger partial charge in [-0.3, -0.25) is 9.78 Å². The standard InChI is InChI=1S/C9H11BrN2O/c1-7(6-10)12-9(13)8-4-2-3-5-11-8/h2-5,7H,6H2,1H3,(H,12,13). The Labute approximate surface area is 85.7 Å². The maximum Gasteiger partial charge on any atom is 0.270 e. The van der Waals surface area contributed by atoms with E-state index in [1.54, 1.807) is 24.4 Å². The van der Waals surface area contributed by atoms with Gasteiger partial charge in [-0.25, -0.2) is 0 Å². The molecule has 1 amide bonds. The van der Waals surface area contributed by atoms with Crippen LogP contribution in [0.4, 0.5) is 0 Å². The Kier molecular flexibility index (Phi) is 3.89. The van der Waals surface area contributed by atoms with Crippen molar-refractivity contribution in [2.45, 2.75) is 13.0 Å². The SMILES string of the molecule is CC(CBr)NC(=O)c1ccccn1. The molecule has 0 radical (unpaired) electrons. The lowest BCUT2D eigenvalue weighted by atomic mass is 10.3. The van der Waals surface area contributed by atoms with Crippen molar-refractivity contribution in [2.24, 2.45) is 0 Å². The van der Waals surface area contributed by atoms with Crippen LogP contribution in [0.2, 0.25) is 0 Å². The number of carbonyl (C=O) groups excluding carboxylic acids is 1. The molecule has 1 N–H and O–H groups in total. The molecule has 1 atom stereocenters. The van der Waals surface area contributed by atoms with Gasteiger partial charge in [0.1, 0.15) is 5.69 Å². The average molecular weight is 243 g/mol. The monoisotopic (exact) mass is 242 g/mol. The summed E-state index contributed by atoms with van der Waals surface area (Å²) in [6.07, 6.45) is 1.60. The van der Waals surface area contributed by atoms with Crippen LogP contribution in [0.15, 0.2) is 24.4 Å². The molecular weight excluding hydrogens is 232 g/mol. The van der Waals surface area contributed by atoms with E-state index in [4.69, 9.17) is 0 Å². The Morgan fingerprint density at radius 3 is 3.00 bits per heavy atom. The third-order valence-corrected chi connectivity index (χ3v) is 2.48. The molecule has 70 valence electrons. The molecule has 0 spiro atoms. The van der Waals surface area contributed by atoms with Crippen LogP contribution in [-0.4, -0.2) is 22.3 Å². The zero-order valence-electron chi connectivity index (χ0n) is 7.33. The van der Waals surface area contributed by atoms with Gasteiger partial charge in [-0.05, 0) is 19.1 Å². The minimum absolute atomic E-state index is 0.120. The first kappa shape index (κ1) is 10.2. The zero-order valence-corrected chi connectivity index (χ0v) is 8.91. The van der Waals surface area contributed by atoms with Crippen LogP contribution in [0.5, 0.6) is 0 Å². The normalized spacial score (nSPS) is 12.2. The third kappa shape index (κ3) is 3.14. The topological polar surface area (TPSA) is 42.0 Å². The van der Waals surface area contributed by atoms with E-state index in [0.717, 1.165) is 5.33 Å². The van der Waals surface area contributed by atoms with E-state index in [2.05, 4.69) is 26.2 Å². The number of hydrogen-bond donors (Lipinski definition) is 1. The van der Waals surface area contributed by atoms with E-state index in [1.165, 1.54) is 0 Å². The molecule has 1 rings (SSSR count). The van der Waals surface area contributed by atoms with Crippen molar-refractivity contribution in [1.29, 1.82) is 0 Å². The molecule has 0 aliphatic heterocycles. The van der Waals surface area contributed by atoms with Crippen molar-refractivity contribution in [2.75, 3.05) is 5.33 Å². The highest BCUT2D eigenvalue weighted by Gasteiger charge is 2.08. The van der Waals surface area contributed by atoms with Gasteiger partial charge in [-0.2, -0.15) is 0 Å². The summed E-state index contributed by atoms with van der Waals surface area (Å²) in [4.78, 5) is 15.4. The van der Waals surface area contributed by atoms with E-state index in [-0.39, 0.29) is 11.9 Å². The molecule has 0 saturated heterocycles. The van der Waals surface area contributed by atoms with Crippen molar-refractivity contribution >= 4 is 21.8 Å². The molecule has 1 aromatic heterocycles. The number of alkyl halides is 1. The van der Waals surface area contributed by atoms with Crippen LogP contribution in [-0.2, 0) is 0 Å². The lowest BCUT2D eigenvalue weighted by Gasteiger charge is -2.09. The fourth-order valence-corrected chi connectivity index (χ4v) is 0.995. The fraction of sp³-hybridized carbons (Fsp3) is 0.333. The van der Waals surface area contributed by atoms with Crippen molar-refractivity contribution < 1.29 is 4.79 Å². The quantitative estimate of drug-likeness (QED) is 0.819. The van der Waals surface area contributed by atoms with Crippen LogP contribution in [0, 0.1) is 0 Å². The Hall–Kier alpha value is -0.900. The zero-order chi connectivity index (χ0) is 9.68. The first-order valence-electron chi connectivity index (χ1n) is 4.02. The Morgan fingerprint density at radius 1 is 1.69 bits per heavy atom. The van der Waals surface area contributed by atoms with E-state index < -0.39 is 0 Å². The molecule has 0 aliphatic carbocycles. The van der Waals surface area contributed by atoms with E-state index in [1.807, 2.05) is 6.92 Å². The minimum atomic E-state index is -0.132. The highest BCUT2D eigenvalue weighted by atomic mass is 79.9. The number of aromatic nitrogens is 1. The molecule has 0 fully saturated rings. The minimum Gasteiger partial charge on any atom is -0.347 e. The Morgan fingerprint density at radius 2 is 2.46 bits per heavy atom. The second-order valence-corrected chi connectivity index (χ2v) is 3.39. The Bertz CT molecular complexity index is 276. The van der Waals surface area contributed by atoms with Crippen LogP contribution < -0.4 is 5.32 Å². The van der Waals surface area contributed by atoms with Crippen LogP contribution in [0.25, 0.3) is 0 Å². The van der Waals surface area contributed by atoms with Gasteiger partial charge in [0.25, 0.3) is 5.91 Å². The first-order valence-corrected chi connectivity index (χ1v) is 5.14. The van der Waals surface area contributed by atoms with Crippen LogP contribution in [0.1, 0.15) is 17.4 Å². The van der Waals surface area contributed by atoms with Crippen LogP contribution in [0.3, 0.4) is 0 Å². The molecule has 1 aromatic rings. The second-order valence-electron chi connectivity index (χ2n) is 2.74. The van der Waals surface area contributed by atoms with Crippen molar-refractivity contribution in [3.63, 3.8) is 0 Å². The predicted molar refractivity (Wildman–Crippen MR) is 55.0 cm³/mol. The van der Waals surface area contributed by atoms with Crippen molar-refractivity contribution in [3.05, 3.63) is 30.1 Å². The molecule has 0 aliphatic rings. The van der Waals surface area contributed by atoms with Gasteiger partial charge in [0.2, 0.25) is 0 Å². The van der Waals surface area contributed by atoms with Gasteiger partial charge in [-0.15, -0.1) is 0 Å². The largest absolute Gasteiger partial charge is 0.347 e. The number of halogens is 1. The summed E-state index contributed by atoms with van der Waals surface area (Å²) in [6, 6.07) is 5.39. The summed E-state index contributed by atoms with van der Waals surface area (Å²) in [7, 11) is 0. The molecule has 1 heterocycles. The molecule has 0 bridgehead atoms. The predicted octanol–water partition coefficient (Wildman–Crippen LogP) is 1.59. The summed E-state index contributed by atoms with van der Waals surface area (Å²) in [5.41, 5.74) is 0.454. The summed E-state index contributed by atoms with van der Waals surface area (Å²) in [5, 5.41) is 3.54. The molecular formula is C9H11BrN2O.